The van der Waals surface area contributed by atoms with Crippen LogP contribution in [0.2, 0.25) is 0 Å². The summed E-state index contributed by atoms with van der Waals surface area (Å²) in [6.45, 7) is 1.08. The van der Waals surface area contributed by atoms with Crippen molar-refractivity contribution in [3.63, 3.8) is 0 Å². The summed E-state index contributed by atoms with van der Waals surface area (Å²) in [6.07, 6.45) is 2.40. The summed E-state index contributed by atoms with van der Waals surface area (Å²) in [5, 5.41) is 0. The molecule has 9 heteroatoms. The molecule has 35 heavy (non-hydrogen) atoms. The maximum absolute atomic E-state index is 13.7. The molecule has 3 aromatic carbocycles. The summed E-state index contributed by atoms with van der Waals surface area (Å²) >= 11 is 0. The second-order valence-electron chi connectivity index (χ2n) is 8.16. The third-order valence-electron chi connectivity index (χ3n) is 5.39. The highest BCUT2D eigenvalue weighted by Crippen LogP contribution is 2.28. The first-order chi connectivity index (χ1) is 16.5. The fourth-order valence-corrected chi connectivity index (χ4v) is 5.15. The van der Waals surface area contributed by atoms with Gasteiger partial charge in [-0.2, -0.15) is 4.31 Å². The number of aryl methyl sites for hydroxylation is 1. The number of ketones is 1. The fraction of sp³-hybridized carbons (Fsp3) is 0.115. The van der Waals surface area contributed by atoms with Crippen molar-refractivity contribution < 1.29 is 30.8 Å². The topological polar surface area (TPSA) is 54.5 Å². The lowest BCUT2D eigenvalue weighted by Crippen LogP contribution is -2.41. The van der Waals surface area contributed by atoms with Crippen LogP contribution in [0.4, 0.5) is 17.6 Å². The average Bonchev–Trinajstić information content (AvgIpc) is 2.75. The number of benzene rings is 3. The second kappa shape index (κ2) is 9.59. The van der Waals surface area contributed by atoms with E-state index in [0.717, 1.165) is 34.1 Å². The minimum atomic E-state index is -4.08. The Morgan fingerprint density at radius 2 is 1.11 bits per heavy atom. The number of Topliss-reactive ketones (excluding diaryl/α,β-unsaturated/α-hetero) is 1. The van der Waals surface area contributed by atoms with E-state index in [-0.39, 0.29) is 40.3 Å². The minimum absolute atomic E-state index is 0.00949. The second-order valence-corrected chi connectivity index (χ2v) is 10.1. The fourth-order valence-electron chi connectivity index (χ4n) is 3.76. The third kappa shape index (κ3) is 5.58. The van der Waals surface area contributed by atoms with Crippen LogP contribution in [-0.4, -0.2) is 31.6 Å². The molecular formula is C26H19F4NO3S. The normalized spacial score (nSPS) is 17.3. The summed E-state index contributed by atoms with van der Waals surface area (Å²) in [4.78, 5) is 13.2. The van der Waals surface area contributed by atoms with Crippen molar-refractivity contribution >= 4 is 28.0 Å². The van der Waals surface area contributed by atoms with Crippen LogP contribution in [0.25, 0.3) is 12.2 Å². The quantitative estimate of drug-likeness (QED) is 0.361. The lowest BCUT2D eigenvalue weighted by molar-refractivity contribution is -0.113. The third-order valence-corrected chi connectivity index (χ3v) is 7.19. The monoisotopic (exact) mass is 501 g/mol. The van der Waals surface area contributed by atoms with Gasteiger partial charge in [-0.05, 0) is 66.6 Å². The van der Waals surface area contributed by atoms with Gasteiger partial charge in [0.1, 0.15) is 23.3 Å². The van der Waals surface area contributed by atoms with Crippen LogP contribution < -0.4 is 0 Å². The van der Waals surface area contributed by atoms with Gasteiger partial charge in [0.05, 0.1) is 4.90 Å². The number of nitrogens with zero attached hydrogens (tertiary/aromatic N) is 1. The van der Waals surface area contributed by atoms with E-state index < -0.39 is 39.1 Å². The van der Waals surface area contributed by atoms with Crippen molar-refractivity contribution in [3.8, 4) is 0 Å². The molecule has 1 aliphatic rings. The Balaban J connectivity index is 1.82. The van der Waals surface area contributed by atoms with Crippen molar-refractivity contribution in [3.05, 3.63) is 112 Å². The predicted octanol–water partition coefficient (Wildman–Crippen LogP) is 5.29. The Kier molecular flexibility index (Phi) is 6.73. The Bertz CT molecular complexity index is 1360. The number of rotatable bonds is 4. The molecule has 0 radical (unpaired) electrons. The van der Waals surface area contributed by atoms with Crippen LogP contribution in [-0.2, 0) is 14.8 Å². The van der Waals surface area contributed by atoms with Crippen molar-refractivity contribution in [2.45, 2.75) is 11.8 Å². The zero-order valence-electron chi connectivity index (χ0n) is 18.4. The highest BCUT2D eigenvalue weighted by Gasteiger charge is 2.34. The molecule has 0 amide bonds. The van der Waals surface area contributed by atoms with Gasteiger partial charge in [-0.3, -0.25) is 4.79 Å². The van der Waals surface area contributed by atoms with E-state index in [0.29, 0.717) is 12.1 Å². The average molecular weight is 502 g/mol. The molecule has 1 aliphatic heterocycles. The first kappa shape index (κ1) is 24.6. The Hall–Kier alpha value is -3.56. The van der Waals surface area contributed by atoms with Gasteiger partial charge in [-0.1, -0.05) is 17.7 Å². The SMILES string of the molecule is Cc1ccc(S(=O)(=O)N2CC(=Cc3cc(F)cc(F)c3)C(=O)C(=Cc3cc(F)cc(F)c3)C2)cc1. The number of halogens is 4. The molecule has 4 rings (SSSR count). The zero-order chi connectivity index (χ0) is 25.3. The summed E-state index contributed by atoms with van der Waals surface area (Å²) in [5.41, 5.74) is 0.786. The molecule has 0 atom stereocenters. The number of carbonyl (C=O) groups excluding carboxylic acids is 1. The highest BCUT2D eigenvalue weighted by atomic mass is 32.2. The molecule has 0 aromatic heterocycles. The van der Waals surface area contributed by atoms with E-state index >= 15 is 0 Å². The first-order valence-corrected chi connectivity index (χ1v) is 11.9. The van der Waals surface area contributed by atoms with Gasteiger partial charge in [-0.25, -0.2) is 26.0 Å². The molecule has 0 N–H and O–H groups in total. The van der Waals surface area contributed by atoms with Gasteiger partial charge in [0, 0.05) is 36.4 Å². The van der Waals surface area contributed by atoms with Crippen molar-refractivity contribution in [2.24, 2.45) is 0 Å². The number of sulfonamides is 1. The smallest absolute Gasteiger partial charge is 0.243 e. The van der Waals surface area contributed by atoms with E-state index in [2.05, 4.69) is 0 Å². The van der Waals surface area contributed by atoms with E-state index in [1.807, 2.05) is 0 Å². The Labute approximate surface area is 199 Å². The lowest BCUT2D eigenvalue weighted by atomic mass is 9.95. The molecule has 180 valence electrons. The minimum Gasteiger partial charge on any atom is -0.289 e. The molecule has 0 bridgehead atoms. The van der Waals surface area contributed by atoms with Crippen LogP contribution >= 0.6 is 0 Å². The number of hydrogen-bond donors (Lipinski definition) is 0. The van der Waals surface area contributed by atoms with Gasteiger partial charge in [0.25, 0.3) is 0 Å². The summed E-state index contributed by atoms with van der Waals surface area (Å²) in [6, 6.07) is 11.5. The van der Waals surface area contributed by atoms with E-state index in [9.17, 15) is 30.8 Å². The van der Waals surface area contributed by atoms with Crippen molar-refractivity contribution in [1.82, 2.24) is 4.31 Å². The zero-order valence-corrected chi connectivity index (χ0v) is 19.3. The van der Waals surface area contributed by atoms with Crippen molar-refractivity contribution in [2.75, 3.05) is 13.1 Å². The number of carbonyl (C=O) groups is 1. The summed E-state index contributed by atoms with van der Waals surface area (Å²) in [5.74, 6) is -4.06. The molecule has 1 fully saturated rings. The molecule has 1 saturated heterocycles. The predicted molar refractivity (Wildman–Crippen MR) is 124 cm³/mol. The lowest BCUT2D eigenvalue weighted by Gasteiger charge is -2.29. The molecule has 3 aromatic rings. The van der Waals surface area contributed by atoms with Gasteiger partial charge >= 0.3 is 0 Å². The molecule has 0 unspecified atom stereocenters. The largest absolute Gasteiger partial charge is 0.289 e. The maximum atomic E-state index is 13.7. The molecule has 4 nitrogen and oxygen atoms in total. The molecule has 0 spiro atoms. The van der Waals surface area contributed by atoms with Crippen LogP contribution in [0.3, 0.4) is 0 Å². The standard InChI is InChI=1S/C26H19F4NO3S/c1-16-2-4-25(5-3-16)35(33,34)31-14-19(6-17-8-21(27)12-22(28)9-17)26(32)20(15-31)7-18-10-23(29)13-24(30)11-18/h2-13H,14-15H2,1H3. The summed E-state index contributed by atoms with van der Waals surface area (Å²) in [7, 11) is -4.08. The molecule has 0 aliphatic carbocycles. The number of piperidine rings is 1. The highest BCUT2D eigenvalue weighted by molar-refractivity contribution is 7.89. The molecule has 0 saturated carbocycles. The molecule has 1 heterocycles. The van der Waals surface area contributed by atoms with Gasteiger partial charge in [0.15, 0.2) is 5.78 Å². The van der Waals surface area contributed by atoms with Crippen LogP contribution in [0.15, 0.2) is 76.7 Å². The molecular weight excluding hydrogens is 482 g/mol. The van der Waals surface area contributed by atoms with Gasteiger partial charge < -0.3 is 0 Å². The van der Waals surface area contributed by atoms with Gasteiger partial charge in [-0.15, -0.1) is 0 Å². The van der Waals surface area contributed by atoms with Gasteiger partial charge in [0.2, 0.25) is 10.0 Å². The number of hydrogen-bond acceptors (Lipinski definition) is 3. The van der Waals surface area contributed by atoms with Crippen LogP contribution in [0, 0.1) is 30.2 Å². The van der Waals surface area contributed by atoms with Crippen molar-refractivity contribution in [1.29, 1.82) is 0 Å². The Morgan fingerprint density at radius 1 is 0.714 bits per heavy atom. The first-order valence-electron chi connectivity index (χ1n) is 10.5. The van der Waals surface area contributed by atoms with E-state index in [1.54, 1.807) is 19.1 Å². The van der Waals surface area contributed by atoms with E-state index in [4.69, 9.17) is 0 Å². The van der Waals surface area contributed by atoms with Crippen LogP contribution in [0.1, 0.15) is 16.7 Å². The Morgan fingerprint density at radius 3 is 1.51 bits per heavy atom. The maximum Gasteiger partial charge on any atom is 0.243 e. The summed E-state index contributed by atoms with van der Waals surface area (Å²) < 4.78 is 82.5. The van der Waals surface area contributed by atoms with Crippen LogP contribution in [0.5, 0.6) is 0 Å². The van der Waals surface area contributed by atoms with E-state index in [1.165, 1.54) is 24.3 Å².